The molecule has 202 valence electrons. The van der Waals surface area contributed by atoms with Crippen LogP contribution >= 0.6 is 0 Å². The summed E-state index contributed by atoms with van der Waals surface area (Å²) < 4.78 is 15.2. The Bertz CT molecular complexity index is 1910. The Morgan fingerprint density at radius 1 is 0.902 bits per heavy atom. The van der Waals surface area contributed by atoms with Gasteiger partial charge in [0.25, 0.3) is 5.91 Å². The number of carboxylic acids is 1. The Morgan fingerprint density at radius 3 is 2.37 bits per heavy atom. The predicted octanol–water partition coefficient (Wildman–Crippen LogP) is 6.47. The van der Waals surface area contributed by atoms with E-state index in [1.807, 2.05) is 25.1 Å². The summed E-state index contributed by atoms with van der Waals surface area (Å²) in [5, 5.41) is 23.3. The number of rotatable bonds is 7. The number of hydrogen-bond acceptors (Lipinski definition) is 4. The number of benzene rings is 4. The number of nitrogens with one attached hydrogen (secondary N) is 1. The van der Waals surface area contributed by atoms with Gasteiger partial charge in [0.05, 0.1) is 22.9 Å². The molecule has 0 radical (unpaired) electrons. The van der Waals surface area contributed by atoms with Crippen LogP contribution in [0.1, 0.15) is 50.5 Å². The molecule has 41 heavy (non-hydrogen) atoms. The van der Waals surface area contributed by atoms with E-state index in [0.29, 0.717) is 28.8 Å². The molecule has 7 nitrogen and oxygen atoms in total. The largest absolute Gasteiger partial charge is 0.478 e. The maximum Gasteiger partial charge on any atom is 0.335 e. The zero-order valence-electron chi connectivity index (χ0n) is 22.1. The number of carboxylic acid groups (broad SMARTS) is 1. The average Bonchev–Trinajstić information content (AvgIpc) is 3.39. The van der Waals surface area contributed by atoms with Crippen LogP contribution in [0.3, 0.4) is 0 Å². The van der Waals surface area contributed by atoms with Crippen LogP contribution in [0.2, 0.25) is 0 Å². The second-order valence-electron chi connectivity index (χ2n) is 9.96. The van der Waals surface area contributed by atoms with E-state index in [2.05, 4.69) is 39.9 Å². The Labute approximate surface area is 234 Å². The number of carbonyl (C=O) groups excluding carboxylic acids is 1. The average molecular weight is 545 g/mol. The molecule has 6 aromatic rings. The minimum absolute atomic E-state index is 0.171. The number of aromatic nitrogens is 3. The molecule has 2 heterocycles. The van der Waals surface area contributed by atoms with Crippen molar-refractivity contribution in [1.82, 2.24) is 20.1 Å². The van der Waals surface area contributed by atoms with Crippen molar-refractivity contribution in [3.63, 3.8) is 0 Å². The van der Waals surface area contributed by atoms with E-state index in [1.54, 1.807) is 41.0 Å². The second kappa shape index (κ2) is 10.7. The third-order valence-corrected chi connectivity index (χ3v) is 7.19. The van der Waals surface area contributed by atoms with Gasteiger partial charge in [0.2, 0.25) is 0 Å². The first-order valence-electron chi connectivity index (χ1n) is 13.1. The minimum atomic E-state index is -1.01. The molecule has 0 unspecified atom stereocenters. The molecule has 0 aliphatic rings. The van der Waals surface area contributed by atoms with E-state index in [9.17, 15) is 19.1 Å². The highest BCUT2D eigenvalue weighted by Crippen LogP contribution is 2.27. The zero-order chi connectivity index (χ0) is 28.5. The standard InChI is InChI=1S/C33H25FN4O3/c1-20(22-8-10-25(11-9-22)33(40)41)35-32(39)29-18-27(24-12-14-28(34)15-13-24)19-38-31(29)30(36-37-38)17-21-6-7-23-4-2-3-5-26(23)16-21/h2-16,18-20H,17H2,1H3,(H,35,39)(H,40,41)/t20-/m0/s1. The van der Waals surface area contributed by atoms with E-state index in [0.717, 1.165) is 27.5 Å². The molecule has 8 heteroatoms. The summed E-state index contributed by atoms with van der Waals surface area (Å²) in [6, 6.07) is 28.1. The predicted molar refractivity (Wildman–Crippen MR) is 154 cm³/mol. The van der Waals surface area contributed by atoms with Crippen LogP contribution in [0.25, 0.3) is 27.4 Å². The lowest BCUT2D eigenvalue weighted by molar-refractivity contribution is 0.0696. The van der Waals surface area contributed by atoms with Crippen molar-refractivity contribution in [1.29, 1.82) is 0 Å². The van der Waals surface area contributed by atoms with Gasteiger partial charge in [0.15, 0.2) is 0 Å². The SMILES string of the molecule is C[C@H](NC(=O)c1cc(-c2ccc(F)cc2)cn2nnc(Cc3ccc4ccccc4c3)c12)c1ccc(C(=O)O)cc1. The highest BCUT2D eigenvalue weighted by molar-refractivity contribution is 6.02. The molecule has 0 saturated carbocycles. The number of hydrogen-bond donors (Lipinski definition) is 2. The van der Waals surface area contributed by atoms with Gasteiger partial charge in [-0.15, -0.1) is 5.10 Å². The van der Waals surface area contributed by atoms with Crippen LogP contribution in [-0.4, -0.2) is 31.8 Å². The highest BCUT2D eigenvalue weighted by atomic mass is 19.1. The molecular formula is C33H25FN4O3. The van der Waals surface area contributed by atoms with E-state index in [4.69, 9.17) is 0 Å². The zero-order valence-corrected chi connectivity index (χ0v) is 22.1. The monoisotopic (exact) mass is 544 g/mol. The number of pyridine rings is 1. The fraction of sp³-hybridized carbons (Fsp3) is 0.0909. The smallest absolute Gasteiger partial charge is 0.335 e. The van der Waals surface area contributed by atoms with E-state index < -0.39 is 12.0 Å². The molecule has 6 rings (SSSR count). The Morgan fingerprint density at radius 2 is 1.63 bits per heavy atom. The molecule has 4 aromatic carbocycles. The molecule has 1 atom stereocenters. The van der Waals surface area contributed by atoms with Crippen molar-refractivity contribution in [2.75, 3.05) is 0 Å². The second-order valence-corrected chi connectivity index (χ2v) is 9.96. The van der Waals surface area contributed by atoms with Crippen LogP contribution in [0.4, 0.5) is 4.39 Å². The van der Waals surface area contributed by atoms with Gasteiger partial charge in [-0.1, -0.05) is 71.9 Å². The molecule has 0 aliphatic heterocycles. The number of amides is 1. The van der Waals surface area contributed by atoms with Crippen molar-refractivity contribution < 1.29 is 19.1 Å². The van der Waals surface area contributed by atoms with Crippen LogP contribution in [0.15, 0.2) is 103 Å². The maximum atomic E-state index is 13.8. The van der Waals surface area contributed by atoms with Crippen LogP contribution in [0.5, 0.6) is 0 Å². The summed E-state index contributed by atoms with van der Waals surface area (Å²) in [5.74, 6) is -1.70. The van der Waals surface area contributed by atoms with Gasteiger partial charge in [-0.3, -0.25) is 4.79 Å². The quantitative estimate of drug-likeness (QED) is 0.240. The minimum Gasteiger partial charge on any atom is -0.478 e. The lowest BCUT2D eigenvalue weighted by atomic mass is 10.00. The van der Waals surface area contributed by atoms with Crippen molar-refractivity contribution in [2.24, 2.45) is 0 Å². The molecule has 2 N–H and O–H groups in total. The van der Waals surface area contributed by atoms with Gasteiger partial charge in [-0.25, -0.2) is 13.7 Å². The maximum absolute atomic E-state index is 13.8. The molecule has 2 aromatic heterocycles. The number of aromatic carboxylic acids is 1. The van der Waals surface area contributed by atoms with Gasteiger partial charge in [-0.05, 0) is 64.7 Å². The summed E-state index contributed by atoms with van der Waals surface area (Å²) >= 11 is 0. The molecule has 0 bridgehead atoms. The Hall–Kier alpha value is -5.37. The fourth-order valence-corrected chi connectivity index (χ4v) is 5.00. The van der Waals surface area contributed by atoms with E-state index in [1.165, 1.54) is 24.3 Å². The molecule has 0 spiro atoms. The first-order chi connectivity index (χ1) is 19.9. The van der Waals surface area contributed by atoms with Crippen LogP contribution < -0.4 is 5.32 Å². The summed E-state index contributed by atoms with van der Waals surface area (Å²) in [6.45, 7) is 1.83. The van der Waals surface area contributed by atoms with Gasteiger partial charge in [-0.2, -0.15) is 0 Å². The molecule has 0 fully saturated rings. The van der Waals surface area contributed by atoms with Crippen molar-refractivity contribution in [3.8, 4) is 11.1 Å². The Balaban J connectivity index is 1.39. The lowest BCUT2D eigenvalue weighted by Gasteiger charge is -2.16. The molecule has 1 amide bonds. The van der Waals surface area contributed by atoms with Gasteiger partial charge >= 0.3 is 5.97 Å². The van der Waals surface area contributed by atoms with Gasteiger partial charge < -0.3 is 10.4 Å². The lowest BCUT2D eigenvalue weighted by Crippen LogP contribution is -2.27. The third kappa shape index (κ3) is 5.27. The van der Waals surface area contributed by atoms with Gasteiger partial charge in [0.1, 0.15) is 11.3 Å². The Kier molecular flexibility index (Phi) is 6.73. The van der Waals surface area contributed by atoms with Crippen molar-refractivity contribution >= 4 is 28.2 Å². The number of nitrogens with zero attached hydrogens (tertiary/aromatic N) is 3. The van der Waals surface area contributed by atoms with Crippen LogP contribution in [-0.2, 0) is 6.42 Å². The van der Waals surface area contributed by atoms with E-state index in [-0.39, 0.29) is 17.3 Å². The number of carbonyl (C=O) groups is 2. The van der Waals surface area contributed by atoms with E-state index >= 15 is 0 Å². The molecular weight excluding hydrogens is 519 g/mol. The van der Waals surface area contributed by atoms with Crippen molar-refractivity contribution in [3.05, 3.63) is 137 Å². The molecule has 0 saturated heterocycles. The third-order valence-electron chi connectivity index (χ3n) is 7.19. The summed E-state index contributed by atoms with van der Waals surface area (Å²) in [7, 11) is 0. The topological polar surface area (TPSA) is 96.6 Å². The summed E-state index contributed by atoms with van der Waals surface area (Å²) in [5.41, 5.74) is 4.98. The number of fused-ring (bicyclic) bond motifs is 2. The summed E-state index contributed by atoms with van der Waals surface area (Å²) in [4.78, 5) is 25.0. The fourth-order valence-electron chi connectivity index (χ4n) is 5.00. The van der Waals surface area contributed by atoms with Crippen molar-refractivity contribution in [2.45, 2.75) is 19.4 Å². The number of halogens is 1. The van der Waals surface area contributed by atoms with Gasteiger partial charge in [0, 0.05) is 18.2 Å². The highest BCUT2D eigenvalue weighted by Gasteiger charge is 2.21. The first kappa shape index (κ1) is 25.9. The normalized spacial score (nSPS) is 12.0. The van der Waals surface area contributed by atoms with Crippen LogP contribution in [0, 0.1) is 5.82 Å². The summed E-state index contributed by atoms with van der Waals surface area (Å²) in [6.07, 6.45) is 2.25. The molecule has 0 aliphatic carbocycles. The first-order valence-corrected chi connectivity index (χ1v) is 13.1.